The summed E-state index contributed by atoms with van der Waals surface area (Å²) in [6.07, 6.45) is 4.95. The van der Waals surface area contributed by atoms with Crippen molar-refractivity contribution in [2.75, 3.05) is 6.54 Å². The van der Waals surface area contributed by atoms with E-state index < -0.39 is 21.4 Å². The molecule has 3 rings (SSSR count). The third-order valence-electron chi connectivity index (χ3n) is 5.45. The van der Waals surface area contributed by atoms with Gasteiger partial charge in [-0.2, -0.15) is 0 Å². The number of carboxylic acids is 1. The largest absolute Gasteiger partial charge is 0.481 e. The van der Waals surface area contributed by atoms with Crippen LogP contribution in [0.3, 0.4) is 0 Å². The summed E-state index contributed by atoms with van der Waals surface area (Å²) in [5.41, 5.74) is 0.859. The topological polar surface area (TPSA) is 83.5 Å². The number of rotatable bonds is 7. The molecule has 1 fully saturated rings. The van der Waals surface area contributed by atoms with Crippen molar-refractivity contribution in [1.29, 1.82) is 0 Å². The fourth-order valence-electron chi connectivity index (χ4n) is 4.22. The molecule has 1 aromatic rings. The molecule has 0 spiro atoms. The first-order chi connectivity index (χ1) is 11.4. The standard InChI is InChI=1S/C18H23NO4S/c1-2-13-8-14-10-18(11-17(20)21,16(14)9-13)12-19-24(22,23)15-6-4-3-5-7-15/h3-7,9,14,16,19H,2,8,10-12H2,1H3,(H,20,21)/t14-,16-,18-/m1/s1. The fraction of sp³-hybridized carbons (Fsp3) is 0.500. The van der Waals surface area contributed by atoms with Crippen molar-refractivity contribution < 1.29 is 18.3 Å². The van der Waals surface area contributed by atoms with Gasteiger partial charge in [0.25, 0.3) is 0 Å². The van der Waals surface area contributed by atoms with E-state index >= 15 is 0 Å². The summed E-state index contributed by atoms with van der Waals surface area (Å²) < 4.78 is 27.5. The molecule has 0 radical (unpaired) electrons. The number of carbonyl (C=O) groups is 1. The quantitative estimate of drug-likeness (QED) is 0.742. The van der Waals surface area contributed by atoms with E-state index in [-0.39, 0.29) is 23.8 Å². The molecule has 24 heavy (non-hydrogen) atoms. The minimum absolute atomic E-state index is 0.00102. The van der Waals surface area contributed by atoms with Crippen LogP contribution in [0, 0.1) is 17.3 Å². The maximum absolute atomic E-state index is 12.4. The van der Waals surface area contributed by atoms with Gasteiger partial charge in [-0.15, -0.1) is 0 Å². The van der Waals surface area contributed by atoms with Gasteiger partial charge in [0.05, 0.1) is 11.3 Å². The van der Waals surface area contributed by atoms with Crippen molar-refractivity contribution in [3.63, 3.8) is 0 Å². The van der Waals surface area contributed by atoms with Crippen LogP contribution in [0.1, 0.15) is 32.6 Å². The van der Waals surface area contributed by atoms with Gasteiger partial charge in [0.15, 0.2) is 0 Å². The summed E-state index contributed by atoms with van der Waals surface area (Å²) >= 11 is 0. The summed E-state index contributed by atoms with van der Waals surface area (Å²) in [6, 6.07) is 8.19. The van der Waals surface area contributed by atoms with E-state index in [0.29, 0.717) is 5.92 Å². The lowest BCUT2D eigenvalue weighted by atomic mass is 9.53. The van der Waals surface area contributed by atoms with Crippen LogP contribution in [-0.4, -0.2) is 26.0 Å². The Morgan fingerprint density at radius 1 is 1.33 bits per heavy atom. The Balaban J connectivity index is 1.77. The van der Waals surface area contributed by atoms with Crippen molar-refractivity contribution in [3.05, 3.63) is 42.0 Å². The average Bonchev–Trinajstić information content (AvgIpc) is 2.90. The summed E-state index contributed by atoms with van der Waals surface area (Å²) in [5, 5.41) is 9.31. The van der Waals surface area contributed by atoms with Gasteiger partial charge in [-0.25, -0.2) is 13.1 Å². The predicted molar refractivity (Wildman–Crippen MR) is 90.9 cm³/mol. The molecule has 0 aliphatic heterocycles. The van der Waals surface area contributed by atoms with E-state index in [4.69, 9.17) is 0 Å². The Hall–Kier alpha value is -1.66. The first kappa shape index (κ1) is 17.2. The minimum Gasteiger partial charge on any atom is -0.481 e. The van der Waals surface area contributed by atoms with Crippen LogP contribution in [0.2, 0.25) is 0 Å². The van der Waals surface area contributed by atoms with Crippen LogP contribution in [0.5, 0.6) is 0 Å². The zero-order chi connectivity index (χ0) is 17.4. The van der Waals surface area contributed by atoms with Gasteiger partial charge >= 0.3 is 5.97 Å². The van der Waals surface area contributed by atoms with Gasteiger partial charge in [0, 0.05) is 12.0 Å². The van der Waals surface area contributed by atoms with Crippen molar-refractivity contribution in [3.8, 4) is 0 Å². The van der Waals surface area contributed by atoms with Crippen LogP contribution in [0.25, 0.3) is 0 Å². The van der Waals surface area contributed by atoms with Crippen LogP contribution in [0.4, 0.5) is 0 Å². The van der Waals surface area contributed by atoms with E-state index in [1.54, 1.807) is 30.3 Å². The molecule has 2 N–H and O–H groups in total. The van der Waals surface area contributed by atoms with Gasteiger partial charge in [-0.1, -0.05) is 36.8 Å². The number of nitrogens with one attached hydrogen (secondary N) is 1. The van der Waals surface area contributed by atoms with Crippen molar-refractivity contribution in [1.82, 2.24) is 4.72 Å². The zero-order valence-electron chi connectivity index (χ0n) is 13.7. The maximum Gasteiger partial charge on any atom is 0.303 e. The van der Waals surface area contributed by atoms with Crippen LogP contribution in [-0.2, 0) is 14.8 Å². The number of carboxylic acid groups (broad SMARTS) is 1. The SMILES string of the molecule is CCC1=C[C@@H]2[C@H](C1)C[C@]2(CNS(=O)(=O)c1ccccc1)CC(=O)O. The Kier molecular flexibility index (Phi) is 4.53. The molecule has 5 nitrogen and oxygen atoms in total. The highest BCUT2D eigenvalue weighted by Gasteiger charge is 2.55. The molecule has 1 saturated carbocycles. The molecule has 0 amide bonds. The molecule has 0 unspecified atom stereocenters. The monoisotopic (exact) mass is 349 g/mol. The lowest BCUT2D eigenvalue weighted by Crippen LogP contribution is -2.53. The zero-order valence-corrected chi connectivity index (χ0v) is 14.6. The normalized spacial score (nSPS) is 28.8. The molecule has 3 atom stereocenters. The fourth-order valence-corrected chi connectivity index (χ4v) is 5.38. The van der Waals surface area contributed by atoms with Crippen LogP contribution in [0.15, 0.2) is 46.9 Å². The number of allylic oxidation sites excluding steroid dienone is 2. The number of sulfonamides is 1. The Bertz CT molecular complexity index is 756. The number of fused-ring (bicyclic) bond motifs is 1. The first-order valence-electron chi connectivity index (χ1n) is 8.32. The second-order valence-corrected chi connectivity index (χ2v) is 8.71. The minimum atomic E-state index is -3.62. The number of hydrogen-bond donors (Lipinski definition) is 2. The second kappa shape index (κ2) is 6.33. The van der Waals surface area contributed by atoms with E-state index in [1.165, 1.54) is 5.57 Å². The number of hydrogen-bond acceptors (Lipinski definition) is 3. The van der Waals surface area contributed by atoms with E-state index in [0.717, 1.165) is 19.3 Å². The summed E-state index contributed by atoms with van der Waals surface area (Å²) in [5.74, 6) is -0.228. The third-order valence-corrected chi connectivity index (χ3v) is 6.87. The molecule has 1 aromatic carbocycles. The molecule has 0 saturated heterocycles. The van der Waals surface area contributed by atoms with Gasteiger partial charge in [-0.3, -0.25) is 4.79 Å². The maximum atomic E-state index is 12.4. The molecular formula is C18H23NO4S. The van der Waals surface area contributed by atoms with E-state index in [2.05, 4.69) is 17.7 Å². The Morgan fingerprint density at radius 2 is 2.04 bits per heavy atom. The summed E-state index contributed by atoms with van der Waals surface area (Å²) in [7, 11) is -3.62. The van der Waals surface area contributed by atoms with Crippen molar-refractivity contribution in [2.24, 2.45) is 17.3 Å². The highest BCUT2D eigenvalue weighted by Crippen LogP contribution is 2.59. The van der Waals surface area contributed by atoms with E-state index in [1.807, 2.05) is 0 Å². The van der Waals surface area contributed by atoms with Crippen LogP contribution < -0.4 is 4.72 Å². The Morgan fingerprint density at radius 3 is 2.67 bits per heavy atom. The van der Waals surface area contributed by atoms with Crippen molar-refractivity contribution >= 4 is 16.0 Å². The van der Waals surface area contributed by atoms with Gasteiger partial charge in [-0.05, 0) is 43.2 Å². The highest BCUT2D eigenvalue weighted by atomic mass is 32.2. The molecular weight excluding hydrogens is 326 g/mol. The molecule has 2 aliphatic carbocycles. The highest BCUT2D eigenvalue weighted by molar-refractivity contribution is 7.89. The second-order valence-electron chi connectivity index (χ2n) is 6.94. The summed E-state index contributed by atoms with van der Waals surface area (Å²) in [4.78, 5) is 11.6. The van der Waals surface area contributed by atoms with E-state index in [9.17, 15) is 18.3 Å². The average molecular weight is 349 g/mol. The van der Waals surface area contributed by atoms with Gasteiger partial charge in [0.1, 0.15) is 0 Å². The Labute approximate surface area is 142 Å². The van der Waals surface area contributed by atoms with Gasteiger partial charge in [0.2, 0.25) is 10.0 Å². The molecule has 0 heterocycles. The third kappa shape index (κ3) is 3.13. The molecule has 130 valence electrons. The predicted octanol–water partition coefficient (Wildman–Crippen LogP) is 2.80. The first-order valence-corrected chi connectivity index (χ1v) is 9.81. The molecule has 2 aliphatic rings. The summed E-state index contributed by atoms with van der Waals surface area (Å²) in [6.45, 7) is 2.28. The lowest BCUT2D eigenvalue weighted by molar-refractivity contribution is -0.144. The van der Waals surface area contributed by atoms with Crippen LogP contribution >= 0.6 is 0 Å². The lowest BCUT2D eigenvalue weighted by Gasteiger charge is -2.51. The molecule has 6 heteroatoms. The number of benzene rings is 1. The molecule has 0 aromatic heterocycles. The molecule has 0 bridgehead atoms. The smallest absolute Gasteiger partial charge is 0.303 e. The van der Waals surface area contributed by atoms with Crippen molar-refractivity contribution in [2.45, 2.75) is 37.5 Å². The number of aliphatic carboxylic acids is 1. The van der Waals surface area contributed by atoms with Gasteiger partial charge < -0.3 is 5.11 Å².